The zero-order chi connectivity index (χ0) is 19.8. The van der Waals surface area contributed by atoms with E-state index < -0.39 is 7.25 Å². The summed E-state index contributed by atoms with van der Waals surface area (Å²) in [5.74, 6) is 1.03. The van der Waals surface area contributed by atoms with E-state index in [1.807, 2.05) is 0 Å². The Labute approximate surface area is 154 Å². The summed E-state index contributed by atoms with van der Waals surface area (Å²) >= 11 is 0. The van der Waals surface area contributed by atoms with Crippen LogP contribution in [0, 0.1) is 0 Å². The van der Waals surface area contributed by atoms with Crippen LogP contribution in [-0.4, -0.2) is 43.0 Å². The summed E-state index contributed by atoms with van der Waals surface area (Å²) in [5, 5.41) is 0. The molecule has 1 aromatic rings. The normalized spacial score (nSPS) is 32.7. The molecule has 0 aromatic heterocycles. The Bertz CT molecular complexity index is 632. The highest BCUT2D eigenvalue weighted by atomic mass is 19.5. The first-order valence-corrected chi connectivity index (χ1v) is 9.44. The third-order valence-electron chi connectivity index (χ3n) is 6.47. The van der Waals surface area contributed by atoms with E-state index in [0.717, 1.165) is 5.75 Å². The van der Waals surface area contributed by atoms with Crippen molar-refractivity contribution in [1.82, 2.24) is 0 Å². The molecule has 3 rings (SSSR count). The van der Waals surface area contributed by atoms with Crippen LogP contribution in [0.5, 0.6) is 5.75 Å². The highest BCUT2D eigenvalue weighted by molar-refractivity contribution is 6.50. The van der Waals surface area contributed by atoms with Crippen LogP contribution in [-0.2, 0) is 5.41 Å². The van der Waals surface area contributed by atoms with Crippen molar-refractivity contribution in [2.75, 3.05) is 19.6 Å². The molecule has 7 heteroatoms. The van der Waals surface area contributed by atoms with Gasteiger partial charge in [-0.1, -0.05) is 19.1 Å². The topological polar surface area (TPSA) is 9.23 Å². The largest absolute Gasteiger partial charge is 0.673 e. The van der Waals surface area contributed by atoms with Gasteiger partial charge in [-0.05, 0) is 45.4 Å². The van der Waals surface area contributed by atoms with Crippen molar-refractivity contribution >= 4 is 7.25 Å². The Kier molecular flexibility index (Phi) is 5.72. The van der Waals surface area contributed by atoms with Crippen LogP contribution in [0.4, 0.5) is 17.3 Å². The van der Waals surface area contributed by atoms with Crippen molar-refractivity contribution in [3.8, 4) is 5.75 Å². The summed E-state index contributed by atoms with van der Waals surface area (Å²) in [6, 6.07) is 8.88. The van der Waals surface area contributed by atoms with Gasteiger partial charge in [0.2, 0.25) is 0 Å². The van der Waals surface area contributed by atoms with Gasteiger partial charge in [0.1, 0.15) is 12.3 Å². The summed E-state index contributed by atoms with van der Waals surface area (Å²) in [7, 11) is -6.00. The van der Waals surface area contributed by atoms with Crippen LogP contribution in [0.1, 0.15) is 53.0 Å². The molecule has 2 aliphatic heterocycles. The summed E-state index contributed by atoms with van der Waals surface area (Å²) < 4.78 is 46.3. The van der Waals surface area contributed by atoms with Crippen LogP contribution in [0.25, 0.3) is 0 Å². The molecule has 148 valence electrons. The van der Waals surface area contributed by atoms with Gasteiger partial charge in [0, 0.05) is 12.8 Å². The second-order valence-corrected chi connectivity index (χ2v) is 8.00. The molecule has 3 unspecified atom stereocenters. The van der Waals surface area contributed by atoms with E-state index in [1.54, 1.807) is 0 Å². The number of likely N-dealkylation sites (N-methyl/N-ethyl adjacent to an activating group) is 1. The smallest absolute Gasteiger partial charge is 0.491 e. The summed E-state index contributed by atoms with van der Waals surface area (Å²) in [6.45, 7) is 15.4. The minimum atomic E-state index is -6.00. The molecule has 0 amide bonds. The van der Waals surface area contributed by atoms with Crippen LogP contribution in [0.15, 0.2) is 24.3 Å². The molecular formula is C19H30BF4NO. The zero-order valence-corrected chi connectivity index (χ0v) is 16.4. The summed E-state index contributed by atoms with van der Waals surface area (Å²) in [5.41, 5.74) is 2.25. The predicted molar refractivity (Wildman–Crippen MR) is 97.9 cm³/mol. The Hall–Kier alpha value is -1.24. The summed E-state index contributed by atoms with van der Waals surface area (Å²) in [4.78, 5) is 0. The average molecular weight is 375 g/mol. The number of fused-ring (bicyclic) bond motifs is 1. The lowest BCUT2D eigenvalue weighted by Crippen LogP contribution is -2.41. The quantitative estimate of drug-likeness (QED) is 0.288. The number of hydrogen-bond donors (Lipinski definition) is 0. The minimum absolute atomic E-state index is 0.239. The highest BCUT2D eigenvalue weighted by Crippen LogP contribution is 2.64. The fourth-order valence-electron chi connectivity index (χ4n) is 5.13. The fraction of sp³-hybridized carbons (Fsp3) is 0.684. The van der Waals surface area contributed by atoms with Crippen LogP contribution in [0.2, 0.25) is 0 Å². The predicted octanol–water partition coefficient (Wildman–Crippen LogP) is 5.43. The van der Waals surface area contributed by atoms with Crippen molar-refractivity contribution < 1.29 is 26.5 Å². The Morgan fingerprint density at radius 3 is 2.27 bits per heavy atom. The molecular weight excluding hydrogens is 345 g/mol. The number of benzene rings is 1. The molecule has 0 bridgehead atoms. The van der Waals surface area contributed by atoms with Crippen molar-refractivity contribution in [3.05, 3.63) is 29.8 Å². The number of rotatable bonds is 5. The molecule has 0 N–H and O–H groups in total. The molecule has 1 aromatic carbocycles. The van der Waals surface area contributed by atoms with Gasteiger partial charge < -0.3 is 26.5 Å². The third kappa shape index (κ3) is 3.73. The number of hydrogen-bond acceptors (Lipinski definition) is 1. The van der Waals surface area contributed by atoms with Gasteiger partial charge in [-0.15, -0.1) is 0 Å². The second kappa shape index (κ2) is 7.06. The molecule has 2 aliphatic rings. The van der Waals surface area contributed by atoms with E-state index in [4.69, 9.17) is 4.74 Å². The molecule has 0 saturated carbocycles. The molecule has 0 spiro atoms. The van der Waals surface area contributed by atoms with Gasteiger partial charge in [-0.3, -0.25) is 0 Å². The van der Waals surface area contributed by atoms with Gasteiger partial charge in [0.05, 0.1) is 24.6 Å². The Morgan fingerprint density at radius 2 is 1.81 bits per heavy atom. The Morgan fingerprint density at radius 1 is 1.19 bits per heavy atom. The van der Waals surface area contributed by atoms with Crippen molar-refractivity contribution in [2.24, 2.45) is 0 Å². The molecule has 2 fully saturated rings. The van der Waals surface area contributed by atoms with E-state index >= 15 is 0 Å². The first kappa shape index (κ1) is 21.1. The standard InChI is InChI=1S/C19H30NO.BF4/c1-6-19-14-20(19,7-2)12-11-18(19,5)16-9-8-10-17(13-16)21-15(3)4;2-1(3,4)5/h8-10,13,15H,6-7,11-12,14H2,1-5H3;/q+1;-1. The van der Waals surface area contributed by atoms with Crippen molar-refractivity contribution in [2.45, 2.75) is 64.5 Å². The zero-order valence-electron chi connectivity index (χ0n) is 16.4. The first-order valence-electron chi connectivity index (χ1n) is 9.44. The maximum absolute atomic E-state index is 9.75. The lowest BCUT2D eigenvalue weighted by atomic mass is 9.69. The van der Waals surface area contributed by atoms with E-state index in [2.05, 4.69) is 58.9 Å². The maximum atomic E-state index is 9.75. The first-order chi connectivity index (χ1) is 11.9. The van der Waals surface area contributed by atoms with Crippen LogP contribution in [0.3, 0.4) is 0 Å². The molecule has 2 nitrogen and oxygen atoms in total. The van der Waals surface area contributed by atoms with E-state index in [-0.39, 0.29) is 6.10 Å². The number of halogens is 4. The van der Waals surface area contributed by atoms with Gasteiger partial charge in [0.15, 0.2) is 5.54 Å². The number of nitrogens with zero attached hydrogens (tertiary/aromatic N) is 1. The number of ether oxygens (including phenoxy) is 1. The average Bonchev–Trinajstić information content (AvgIpc) is 3.14. The van der Waals surface area contributed by atoms with Crippen LogP contribution >= 0.6 is 0 Å². The highest BCUT2D eigenvalue weighted by Gasteiger charge is 2.79. The SMILES string of the molecule is CCC12C[N+]1(CC)CCC2(C)c1cccc(OC(C)C)c1.F[B-](F)(F)F. The van der Waals surface area contributed by atoms with E-state index in [9.17, 15) is 17.3 Å². The number of quaternary nitrogens is 1. The van der Waals surface area contributed by atoms with Crippen LogP contribution < -0.4 is 4.74 Å². The monoisotopic (exact) mass is 375 g/mol. The lowest BCUT2D eigenvalue weighted by Gasteiger charge is -2.31. The second-order valence-electron chi connectivity index (χ2n) is 8.00. The lowest BCUT2D eigenvalue weighted by molar-refractivity contribution is -0.818. The fourth-order valence-corrected chi connectivity index (χ4v) is 5.13. The molecule has 26 heavy (non-hydrogen) atoms. The molecule has 3 atom stereocenters. The minimum Gasteiger partial charge on any atom is -0.491 e. The molecule has 0 radical (unpaired) electrons. The third-order valence-corrected chi connectivity index (χ3v) is 6.47. The van der Waals surface area contributed by atoms with E-state index in [1.165, 1.54) is 42.5 Å². The molecule has 0 aliphatic carbocycles. The summed E-state index contributed by atoms with van der Waals surface area (Å²) in [6.07, 6.45) is 2.83. The van der Waals surface area contributed by atoms with Gasteiger partial charge in [-0.25, -0.2) is 0 Å². The maximum Gasteiger partial charge on any atom is 0.673 e. The van der Waals surface area contributed by atoms with Crippen molar-refractivity contribution in [3.63, 3.8) is 0 Å². The van der Waals surface area contributed by atoms with Gasteiger partial charge in [0.25, 0.3) is 0 Å². The van der Waals surface area contributed by atoms with Gasteiger partial charge >= 0.3 is 7.25 Å². The molecule has 2 saturated heterocycles. The molecule has 2 heterocycles. The number of piperidine rings is 1. The Balaban J connectivity index is 0.000000431. The van der Waals surface area contributed by atoms with Crippen molar-refractivity contribution in [1.29, 1.82) is 0 Å². The van der Waals surface area contributed by atoms with E-state index in [0.29, 0.717) is 11.0 Å². The van der Waals surface area contributed by atoms with Gasteiger partial charge in [-0.2, -0.15) is 0 Å².